The quantitative estimate of drug-likeness (QED) is 0.761. The smallest absolute Gasteiger partial charge is 0.306 e. The average molecular weight is 260 g/mol. The van der Waals surface area contributed by atoms with E-state index in [2.05, 4.69) is 4.74 Å². The molecule has 2 nitrogen and oxygen atoms in total. The molecular weight excluding hydrogens is 246 g/mol. The van der Waals surface area contributed by atoms with Crippen molar-refractivity contribution in [3.8, 4) is 0 Å². The minimum Gasteiger partial charge on any atom is -0.469 e. The number of carbonyl (C=O) groups is 1. The normalized spacial score (nSPS) is 12.2. The highest BCUT2D eigenvalue weighted by atomic mass is 32.2. The summed E-state index contributed by atoms with van der Waals surface area (Å²) in [5, 5.41) is 0.00474. The monoisotopic (exact) mass is 260 g/mol. The van der Waals surface area contributed by atoms with Gasteiger partial charge in [-0.3, -0.25) is 4.79 Å². The van der Waals surface area contributed by atoms with E-state index in [-0.39, 0.29) is 17.6 Å². The van der Waals surface area contributed by atoms with Gasteiger partial charge >= 0.3 is 5.97 Å². The van der Waals surface area contributed by atoms with E-state index >= 15 is 0 Å². The van der Waals surface area contributed by atoms with Gasteiger partial charge in [0.15, 0.2) is 11.6 Å². The number of methoxy groups -OCH3 is 1. The van der Waals surface area contributed by atoms with Gasteiger partial charge in [0.25, 0.3) is 0 Å². The number of halogens is 2. The molecule has 0 bridgehead atoms. The lowest BCUT2D eigenvalue weighted by Crippen LogP contribution is -2.09. The SMILES string of the molecule is COC(=O)CC(C)SCc1cccc(F)c1F. The predicted octanol–water partition coefficient (Wildman–Crippen LogP) is 3.15. The van der Waals surface area contributed by atoms with Crippen LogP contribution in [0.25, 0.3) is 0 Å². The van der Waals surface area contributed by atoms with Crippen molar-refractivity contribution in [3.63, 3.8) is 0 Å². The van der Waals surface area contributed by atoms with Gasteiger partial charge in [-0.25, -0.2) is 8.78 Å². The molecule has 1 rings (SSSR count). The zero-order chi connectivity index (χ0) is 12.8. The Hall–Kier alpha value is -1.10. The molecule has 1 aromatic rings. The number of hydrogen-bond donors (Lipinski definition) is 0. The second-order valence-corrected chi connectivity index (χ2v) is 5.04. The molecule has 0 aliphatic rings. The Balaban J connectivity index is 2.50. The van der Waals surface area contributed by atoms with E-state index in [1.165, 1.54) is 31.0 Å². The summed E-state index contributed by atoms with van der Waals surface area (Å²) in [7, 11) is 1.33. The lowest BCUT2D eigenvalue weighted by Gasteiger charge is -2.10. The molecule has 0 spiro atoms. The topological polar surface area (TPSA) is 26.3 Å². The van der Waals surface area contributed by atoms with Crippen LogP contribution in [0.2, 0.25) is 0 Å². The van der Waals surface area contributed by atoms with Crippen LogP contribution in [0.5, 0.6) is 0 Å². The van der Waals surface area contributed by atoms with E-state index in [1.54, 1.807) is 0 Å². The van der Waals surface area contributed by atoms with Gasteiger partial charge in [0, 0.05) is 16.6 Å². The van der Waals surface area contributed by atoms with Crippen LogP contribution in [0.3, 0.4) is 0 Å². The van der Waals surface area contributed by atoms with E-state index in [4.69, 9.17) is 0 Å². The van der Waals surface area contributed by atoms with Crippen LogP contribution in [0.4, 0.5) is 8.78 Å². The average Bonchev–Trinajstić information content (AvgIpc) is 2.31. The summed E-state index contributed by atoms with van der Waals surface area (Å²) < 4.78 is 30.7. The first kappa shape index (κ1) is 14.0. The molecule has 5 heteroatoms. The van der Waals surface area contributed by atoms with Crippen LogP contribution in [0, 0.1) is 11.6 Å². The fourth-order valence-electron chi connectivity index (χ4n) is 1.27. The number of benzene rings is 1. The molecule has 0 fully saturated rings. The van der Waals surface area contributed by atoms with Gasteiger partial charge in [0.1, 0.15) is 0 Å². The van der Waals surface area contributed by atoms with Gasteiger partial charge in [-0.2, -0.15) is 11.8 Å². The van der Waals surface area contributed by atoms with Gasteiger partial charge in [-0.05, 0) is 6.07 Å². The van der Waals surface area contributed by atoms with Crippen LogP contribution in [-0.4, -0.2) is 18.3 Å². The summed E-state index contributed by atoms with van der Waals surface area (Å²) in [5.74, 6) is -1.62. The van der Waals surface area contributed by atoms with Crippen molar-refractivity contribution in [2.45, 2.75) is 24.3 Å². The van der Waals surface area contributed by atoms with Crippen molar-refractivity contribution < 1.29 is 18.3 Å². The summed E-state index contributed by atoms with van der Waals surface area (Å²) >= 11 is 1.39. The third-order valence-corrected chi connectivity index (χ3v) is 3.45. The van der Waals surface area contributed by atoms with Gasteiger partial charge in [-0.15, -0.1) is 0 Å². The third-order valence-electron chi connectivity index (χ3n) is 2.24. The molecule has 0 aromatic heterocycles. The molecule has 0 heterocycles. The third kappa shape index (κ3) is 4.34. The van der Waals surface area contributed by atoms with E-state index in [0.717, 1.165) is 6.07 Å². The van der Waals surface area contributed by atoms with Crippen molar-refractivity contribution in [1.29, 1.82) is 0 Å². The second kappa shape index (κ2) is 6.59. The molecule has 17 heavy (non-hydrogen) atoms. The lowest BCUT2D eigenvalue weighted by atomic mass is 10.2. The van der Waals surface area contributed by atoms with E-state index in [9.17, 15) is 13.6 Å². The maximum Gasteiger partial charge on any atom is 0.306 e. The molecule has 0 amide bonds. The fourth-order valence-corrected chi connectivity index (χ4v) is 2.21. The highest BCUT2D eigenvalue weighted by Crippen LogP contribution is 2.22. The lowest BCUT2D eigenvalue weighted by molar-refractivity contribution is -0.140. The standard InChI is InChI=1S/C12H14F2O2S/c1-8(6-11(15)16-2)17-7-9-4-3-5-10(13)12(9)14/h3-5,8H,6-7H2,1-2H3. The number of hydrogen-bond acceptors (Lipinski definition) is 3. The Labute approximate surface area is 103 Å². The van der Waals surface area contributed by atoms with Gasteiger partial charge in [-0.1, -0.05) is 19.1 Å². The predicted molar refractivity (Wildman–Crippen MR) is 63.7 cm³/mol. The highest BCUT2D eigenvalue weighted by molar-refractivity contribution is 7.99. The van der Waals surface area contributed by atoms with Crippen LogP contribution >= 0.6 is 11.8 Å². The Morgan fingerprint density at radius 2 is 2.18 bits per heavy atom. The Morgan fingerprint density at radius 3 is 2.82 bits per heavy atom. The first-order chi connectivity index (χ1) is 8.04. The number of esters is 1. The molecule has 1 atom stereocenters. The van der Waals surface area contributed by atoms with Crippen molar-refractivity contribution in [1.82, 2.24) is 0 Å². The fraction of sp³-hybridized carbons (Fsp3) is 0.417. The molecule has 1 aromatic carbocycles. The molecule has 0 aliphatic carbocycles. The molecule has 0 N–H and O–H groups in total. The number of rotatable bonds is 5. The minimum atomic E-state index is -0.844. The molecule has 94 valence electrons. The van der Waals surface area contributed by atoms with Gasteiger partial charge in [0.2, 0.25) is 0 Å². The zero-order valence-corrected chi connectivity index (χ0v) is 10.5. The number of ether oxygens (including phenoxy) is 1. The summed E-state index contributed by atoms with van der Waals surface area (Å²) in [5.41, 5.74) is 0.312. The minimum absolute atomic E-state index is 0.00474. The summed E-state index contributed by atoms with van der Waals surface area (Å²) in [6, 6.07) is 4.09. The van der Waals surface area contributed by atoms with Crippen LogP contribution in [-0.2, 0) is 15.3 Å². The van der Waals surface area contributed by atoms with Crippen molar-refractivity contribution >= 4 is 17.7 Å². The molecular formula is C12H14F2O2S. The Bertz CT molecular complexity index is 396. The zero-order valence-electron chi connectivity index (χ0n) is 9.70. The molecule has 1 unspecified atom stereocenters. The largest absolute Gasteiger partial charge is 0.469 e. The first-order valence-electron chi connectivity index (χ1n) is 5.16. The maximum absolute atomic E-state index is 13.3. The highest BCUT2D eigenvalue weighted by Gasteiger charge is 2.12. The van der Waals surface area contributed by atoms with Crippen molar-refractivity contribution in [2.75, 3.05) is 7.11 Å². The van der Waals surface area contributed by atoms with Crippen LogP contribution in [0.1, 0.15) is 18.9 Å². The van der Waals surface area contributed by atoms with Crippen LogP contribution < -0.4 is 0 Å². The maximum atomic E-state index is 13.3. The van der Waals surface area contributed by atoms with E-state index in [0.29, 0.717) is 11.3 Å². The van der Waals surface area contributed by atoms with Crippen molar-refractivity contribution in [3.05, 3.63) is 35.4 Å². The number of thioether (sulfide) groups is 1. The van der Waals surface area contributed by atoms with Gasteiger partial charge < -0.3 is 4.74 Å². The second-order valence-electron chi connectivity index (χ2n) is 3.61. The molecule has 0 aliphatic heterocycles. The molecule has 0 saturated carbocycles. The van der Waals surface area contributed by atoms with Crippen LogP contribution in [0.15, 0.2) is 18.2 Å². The summed E-state index contributed by atoms with van der Waals surface area (Å²) in [6.45, 7) is 1.85. The molecule has 0 saturated heterocycles. The van der Waals surface area contributed by atoms with E-state index in [1.807, 2.05) is 6.92 Å². The Morgan fingerprint density at radius 1 is 1.47 bits per heavy atom. The van der Waals surface area contributed by atoms with Gasteiger partial charge in [0.05, 0.1) is 13.5 Å². The van der Waals surface area contributed by atoms with E-state index < -0.39 is 11.6 Å². The summed E-state index contributed by atoms with van der Waals surface area (Å²) in [6.07, 6.45) is 0.262. The Kier molecular flexibility index (Phi) is 5.41. The molecule has 0 radical (unpaired) electrons. The number of carbonyl (C=O) groups excluding carboxylic acids is 1. The first-order valence-corrected chi connectivity index (χ1v) is 6.20. The summed E-state index contributed by atoms with van der Waals surface area (Å²) in [4.78, 5) is 11.0. The van der Waals surface area contributed by atoms with Crippen molar-refractivity contribution in [2.24, 2.45) is 0 Å².